The number of hydrogen-bond acceptors (Lipinski definition) is 5. The molecule has 2 aliphatic heterocycles. The number of nitrogens with zero attached hydrogens (tertiary/aromatic N) is 2. The van der Waals surface area contributed by atoms with Crippen molar-refractivity contribution in [2.24, 2.45) is 0 Å². The molecule has 1 unspecified atom stereocenters. The van der Waals surface area contributed by atoms with Crippen LogP contribution in [0.5, 0.6) is 0 Å². The molecule has 1 atom stereocenters. The van der Waals surface area contributed by atoms with Gasteiger partial charge in [-0.1, -0.05) is 30.3 Å². The predicted molar refractivity (Wildman–Crippen MR) is 116 cm³/mol. The number of amides is 1. The number of carbonyl (C=O) groups is 1. The highest BCUT2D eigenvalue weighted by Crippen LogP contribution is 2.28. The van der Waals surface area contributed by atoms with E-state index in [1.165, 1.54) is 6.07 Å². The van der Waals surface area contributed by atoms with Gasteiger partial charge < -0.3 is 10.2 Å². The van der Waals surface area contributed by atoms with Crippen molar-refractivity contribution in [3.63, 3.8) is 0 Å². The molecule has 4 rings (SSSR count). The van der Waals surface area contributed by atoms with Crippen LogP contribution in [-0.4, -0.2) is 56.9 Å². The van der Waals surface area contributed by atoms with E-state index in [1.807, 2.05) is 40.1 Å². The number of anilines is 2. The van der Waals surface area contributed by atoms with E-state index in [4.69, 9.17) is 0 Å². The van der Waals surface area contributed by atoms with Gasteiger partial charge in [-0.05, 0) is 36.6 Å². The molecule has 0 saturated carbocycles. The van der Waals surface area contributed by atoms with Crippen molar-refractivity contribution >= 4 is 27.1 Å². The van der Waals surface area contributed by atoms with Gasteiger partial charge in [0.05, 0.1) is 17.2 Å². The molecule has 2 aromatic rings. The number of benzene rings is 2. The first kappa shape index (κ1) is 20.8. The predicted octanol–water partition coefficient (Wildman–Crippen LogP) is 2.84. The highest BCUT2D eigenvalue weighted by atomic mass is 32.2. The maximum Gasteiger partial charge on any atom is 0.246 e. The normalized spacial score (nSPS) is 20.1. The number of rotatable bonds is 5. The maximum absolute atomic E-state index is 14.6. The average molecular weight is 432 g/mol. The van der Waals surface area contributed by atoms with E-state index in [9.17, 15) is 17.6 Å². The molecular weight excluding hydrogens is 405 g/mol. The van der Waals surface area contributed by atoms with Crippen LogP contribution < -0.4 is 10.2 Å². The lowest BCUT2D eigenvalue weighted by Crippen LogP contribution is -2.46. The Balaban J connectivity index is 1.54. The molecule has 0 spiro atoms. The fourth-order valence-electron chi connectivity index (χ4n) is 4.16. The summed E-state index contributed by atoms with van der Waals surface area (Å²) in [5.74, 6) is -0.588. The Kier molecular flexibility index (Phi) is 6.06. The van der Waals surface area contributed by atoms with E-state index in [1.54, 1.807) is 12.1 Å². The zero-order chi connectivity index (χ0) is 21.1. The minimum Gasteiger partial charge on any atom is -0.369 e. The second kappa shape index (κ2) is 8.73. The lowest BCUT2D eigenvalue weighted by molar-refractivity contribution is -0.121. The van der Waals surface area contributed by atoms with Crippen LogP contribution in [0.3, 0.4) is 0 Å². The van der Waals surface area contributed by atoms with Crippen molar-refractivity contribution in [1.29, 1.82) is 0 Å². The largest absolute Gasteiger partial charge is 0.369 e. The van der Waals surface area contributed by atoms with Crippen LogP contribution in [-0.2, 0) is 14.6 Å². The zero-order valence-corrected chi connectivity index (χ0v) is 17.6. The number of sulfone groups is 1. The third kappa shape index (κ3) is 4.65. The summed E-state index contributed by atoms with van der Waals surface area (Å²) in [7, 11) is -3.06. The van der Waals surface area contributed by atoms with Crippen molar-refractivity contribution in [3.8, 4) is 0 Å². The molecule has 8 heteroatoms. The molecule has 0 bridgehead atoms. The van der Waals surface area contributed by atoms with E-state index in [0.29, 0.717) is 11.4 Å². The molecule has 0 aromatic heterocycles. The van der Waals surface area contributed by atoms with Crippen LogP contribution in [0.25, 0.3) is 0 Å². The SMILES string of the molecule is O=C(Nc1ccc(N2CCCC2)c(F)c1)C(c1ccccc1)N1CCS(=O)(=O)CC1. The minimum atomic E-state index is -3.06. The fourth-order valence-corrected chi connectivity index (χ4v) is 5.39. The molecule has 1 amide bonds. The standard InChI is InChI=1S/C22H26FN3O3S/c23-19-16-18(8-9-20(19)25-10-4-5-11-25)24-22(27)21(17-6-2-1-3-7-17)26-12-14-30(28,29)15-13-26/h1-3,6-9,16,21H,4-5,10-15H2,(H,24,27). The molecule has 0 radical (unpaired) electrons. The van der Waals surface area contributed by atoms with Crippen LogP contribution in [0, 0.1) is 5.82 Å². The molecular formula is C22H26FN3O3S. The van der Waals surface area contributed by atoms with E-state index >= 15 is 0 Å². The Hall–Kier alpha value is -2.45. The first-order valence-electron chi connectivity index (χ1n) is 10.3. The van der Waals surface area contributed by atoms with Gasteiger partial charge in [-0.2, -0.15) is 0 Å². The van der Waals surface area contributed by atoms with E-state index in [2.05, 4.69) is 5.32 Å². The smallest absolute Gasteiger partial charge is 0.246 e. The first-order valence-corrected chi connectivity index (χ1v) is 12.1. The van der Waals surface area contributed by atoms with Gasteiger partial charge in [-0.15, -0.1) is 0 Å². The molecule has 2 fully saturated rings. The summed E-state index contributed by atoms with van der Waals surface area (Å²) in [6, 6.07) is 13.4. The summed E-state index contributed by atoms with van der Waals surface area (Å²) >= 11 is 0. The fraction of sp³-hybridized carbons (Fsp3) is 0.409. The summed E-state index contributed by atoms with van der Waals surface area (Å²) in [5.41, 5.74) is 1.74. The van der Waals surface area contributed by atoms with Gasteiger partial charge in [0.15, 0.2) is 9.84 Å². The van der Waals surface area contributed by atoms with Crippen molar-refractivity contribution in [1.82, 2.24) is 4.90 Å². The quantitative estimate of drug-likeness (QED) is 0.789. The number of carbonyl (C=O) groups excluding carboxylic acids is 1. The Morgan fingerprint density at radius 3 is 2.27 bits per heavy atom. The van der Waals surface area contributed by atoms with Crippen LogP contribution in [0.1, 0.15) is 24.4 Å². The highest BCUT2D eigenvalue weighted by molar-refractivity contribution is 7.91. The molecule has 2 aliphatic rings. The first-order chi connectivity index (χ1) is 14.4. The molecule has 0 aliphatic carbocycles. The van der Waals surface area contributed by atoms with E-state index in [0.717, 1.165) is 31.5 Å². The third-order valence-corrected chi connectivity index (χ3v) is 7.38. The average Bonchev–Trinajstić information content (AvgIpc) is 3.25. The van der Waals surface area contributed by atoms with Gasteiger partial charge in [0.25, 0.3) is 0 Å². The van der Waals surface area contributed by atoms with Crippen molar-refractivity contribution in [2.45, 2.75) is 18.9 Å². The van der Waals surface area contributed by atoms with Gasteiger partial charge in [0, 0.05) is 31.9 Å². The van der Waals surface area contributed by atoms with Crippen molar-refractivity contribution in [3.05, 3.63) is 59.9 Å². The van der Waals surface area contributed by atoms with Crippen LogP contribution in [0.4, 0.5) is 15.8 Å². The Morgan fingerprint density at radius 1 is 0.967 bits per heavy atom. The van der Waals surface area contributed by atoms with Crippen molar-refractivity contribution in [2.75, 3.05) is 47.9 Å². The summed E-state index contributed by atoms with van der Waals surface area (Å²) in [5, 5.41) is 2.83. The molecule has 2 heterocycles. The molecule has 30 heavy (non-hydrogen) atoms. The second-order valence-corrected chi connectivity index (χ2v) is 10.2. The number of halogens is 1. The summed E-state index contributed by atoms with van der Waals surface area (Å²) < 4.78 is 38.3. The van der Waals surface area contributed by atoms with Gasteiger partial charge in [-0.25, -0.2) is 12.8 Å². The zero-order valence-electron chi connectivity index (χ0n) is 16.8. The van der Waals surface area contributed by atoms with Gasteiger partial charge in [0.2, 0.25) is 5.91 Å². The van der Waals surface area contributed by atoms with Crippen LogP contribution in [0.2, 0.25) is 0 Å². The summed E-state index contributed by atoms with van der Waals surface area (Å²) in [6.07, 6.45) is 2.12. The molecule has 1 N–H and O–H groups in total. The second-order valence-electron chi connectivity index (χ2n) is 7.85. The Morgan fingerprint density at radius 2 is 1.63 bits per heavy atom. The Labute approximate surface area is 176 Å². The summed E-state index contributed by atoms with van der Waals surface area (Å²) in [4.78, 5) is 17.1. The van der Waals surface area contributed by atoms with Gasteiger partial charge >= 0.3 is 0 Å². The highest BCUT2D eigenvalue weighted by Gasteiger charge is 2.32. The molecule has 160 valence electrons. The van der Waals surface area contributed by atoms with Crippen molar-refractivity contribution < 1.29 is 17.6 Å². The number of hydrogen-bond donors (Lipinski definition) is 1. The van der Waals surface area contributed by atoms with E-state index < -0.39 is 15.9 Å². The van der Waals surface area contributed by atoms with Crippen LogP contribution in [0.15, 0.2) is 48.5 Å². The Bertz CT molecular complexity index is 994. The van der Waals surface area contributed by atoms with Crippen LogP contribution >= 0.6 is 0 Å². The lowest BCUT2D eigenvalue weighted by atomic mass is 10.0. The third-order valence-electron chi connectivity index (χ3n) is 5.77. The molecule has 6 nitrogen and oxygen atoms in total. The number of nitrogens with one attached hydrogen (secondary N) is 1. The van der Waals surface area contributed by atoms with Gasteiger partial charge in [0.1, 0.15) is 11.9 Å². The molecule has 2 saturated heterocycles. The van der Waals surface area contributed by atoms with Gasteiger partial charge in [-0.3, -0.25) is 9.69 Å². The minimum absolute atomic E-state index is 0.0305. The topological polar surface area (TPSA) is 69.7 Å². The lowest BCUT2D eigenvalue weighted by Gasteiger charge is -2.33. The van der Waals surface area contributed by atoms with E-state index in [-0.39, 0.29) is 36.3 Å². The molecule has 2 aromatic carbocycles. The monoisotopic (exact) mass is 431 g/mol. The summed E-state index contributed by atoms with van der Waals surface area (Å²) in [6.45, 7) is 2.27. The maximum atomic E-state index is 14.6.